The third-order valence-electron chi connectivity index (χ3n) is 7.75. The van der Waals surface area contributed by atoms with Crippen molar-refractivity contribution in [3.8, 4) is 11.4 Å². The number of anilines is 1. The molecular formula is C29H34N8O. The molecular weight excluding hydrogens is 476 g/mol. The summed E-state index contributed by atoms with van der Waals surface area (Å²) in [5.41, 5.74) is 4.28. The third-order valence-corrected chi connectivity index (χ3v) is 7.75. The van der Waals surface area contributed by atoms with Crippen LogP contribution < -0.4 is 5.32 Å². The van der Waals surface area contributed by atoms with Crippen molar-refractivity contribution in [2.24, 2.45) is 0 Å². The van der Waals surface area contributed by atoms with Crippen LogP contribution in [0.15, 0.2) is 55.1 Å². The zero-order chi connectivity index (χ0) is 25.9. The van der Waals surface area contributed by atoms with E-state index in [1.807, 2.05) is 53.8 Å². The number of fused-ring (bicyclic) bond motifs is 1. The Bertz CT molecular complexity index is 1390. The lowest BCUT2D eigenvalue weighted by Gasteiger charge is -2.32. The Hall–Kier alpha value is -3.85. The van der Waals surface area contributed by atoms with Crippen molar-refractivity contribution >= 4 is 22.9 Å². The molecule has 1 amide bonds. The van der Waals surface area contributed by atoms with E-state index in [1.165, 1.54) is 19.3 Å². The summed E-state index contributed by atoms with van der Waals surface area (Å²) in [7, 11) is 2.09. The molecule has 1 aliphatic carbocycles. The van der Waals surface area contributed by atoms with E-state index in [2.05, 4.69) is 26.8 Å². The number of carbonyl (C=O) groups excluding carboxylic acids is 1. The Kier molecular flexibility index (Phi) is 7.00. The molecule has 0 radical (unpaired) electrons. The molecule has 3 aromatic heterocycles. The molecule has 1 saturated carbocycles. The summed E-state index contributed by atoms with van der Waals surface area (Å²) in [6.07, 6.45) is 11.6. The van der Waals surface area contributed by atoms with Gasteiger partial charge in [0.05, 0.1) is 6.33 Å². The van der Waals surface area contributed by atoms with Crippen molar-refractivity contribution < 1.29 is 4.79 Å². The second kappa shape index (κ2) is 10.9. The summed E-state index contributed by atoms with van der Waals surface area (Å²) in [6.45, 7) is 3.92. The number of pyridine rings is 1. The van der Waals surface area contributed by atoms with Gasteiger partial charge in [0.25, 0.3) is 5.91 Å². The molecule has 0 unspecified atom stereocenters. The van der Waals surface area contributed by atoms with Gasteiger partial charge in [0, 0.05) is 62.3 Å². The average Bonchev–Trinajstić information content (AvgIpc) is 3.41. The summed E-state index contributed by atoms with van der Waals surface area (Å²) < 4.78 is 2.24. The molecule has 4 aromatic rings. The van der Waals surface area contributed by atoms with Crippen molar-refractivity contribution in [3.05, 3.63) is 66.2 Å². The smallest absolute Gasteiger partial charge is 0.253 e. The summed E-state index contributed by atoms with van der Waals surface area (Å²) in [6, 6.07) is 12.1. The van der Waals surface area contributed by atoms with Gasteiger partial charge in [0.1, 0.15) is 5.52 Å². The second-order valence-electron chi connectivity index (χ2n) is 10.4. The highest BCUT2D eigenvalue weighted by molar-refractivity contribution is 5.95. The van der Waals surface area contributed by atoms with Crippen LogP contribution in [0.2, 0.25) is 0 Å². The van der Waals surface area contributed by atoms with Crippen molar-refractivity contribution in [1.29, 1.82) is 0 Å². The van der Waals surface area contributed by atoms with E-state index in [0.717, 1.165) is 61.3 Å². The van der Waals surface area contributed by atoms with Gasteiger partial charge in [-0.3, -0.25) is 9.78 Å². The number of nitrogens with one attached hydrogen (secondary N) is 1. The maximum atomic E-state index is 13.0. The molecule has 1 aromatic carbocycles. The SMILES string of the molecule is CN1CCN(C(=O)c2ccc(-c3nc(NCc4cccnc4)c4ncn(C5CCCCC5)c4n3)cc2)CC1. The highest BCUT2D eigenvalue weighted by Crippen LogP contribution is 2.32. The molecule has 0 bridgehead atoms. The van der Waals surface area contributed by atoms with Crippen LogP contribution in [0.25, 0.3) is 22.6 Å². The molecule has 1 N–H and O–H groups in total. The van der Waals surface area contributed by atoms with Gasteiger partial charge >= 0.3 is 0 Å². The first kappa shape index (κ1) is 24.5. The molecule has 1 aliphatic heterocycles. The van der Waals surface area contributed by atoms with Gasteiger partial charge in [-0.1, -0.05) is 37.5 Å². The maximum absolute atomic E-state index is 13.0. The molecule has 2 aliphatic rings. The minimum absolute atomic E-state index is 0.0789. The standard InChI is InChI=1S/C29H34N8O/c1-35-14-16-36(17-15-35)29(38)23-11-9-22(10-12-23)26-33-27(31-19-21-6-5-13-30-18-21)25-28(34-26)37(20-32-25)24-7-3-2-4-8-24/h5-6,9-13,18,20,24H,2-4,7-8,14-17,19H2,1H3,(H,31,33,34). The van der Waals surface area contributed by atoms with Crippen molar-refractivity contribution in [2.75, 3.05) is 38.5 Å². The number of amides is 1. The number of hydrogen-bond donors (Lipinski definition) is 1. The van der Waals surface area contributed by atoms with E-state index >= 15 is 0 Å². The number of nitrogens with zero attached hydrogens (tertiary/aromatic N) is 7. The van der Waals surface area contributed by atoms with Crippen LogP contribution in [0, 0.1) is 0 Å². The third kappa shape index (κ3) is 5.11. The molecule has 2 fully saturated rings. The maximum Gasteiger partial charge on any atom is 0.253 e. The summed E-state index contributed by atoms with van der Waals surface area (Å²) >= 11 is 0. The molecule has 38 heavy (non-hydrogen) atoms. The van der Waals surface area contributed by atoms with Gasteiger partial charge in [0.2, 0.25) is 0 Å². The number of rotatable bonds is 6. The zero-order valence-corrected chi connectivity index (χ0v) is 21.9. The molecule has 6 rings (SSSR count). The predicted octanol–water partition coefficient (Wildman–Crippen LogP) is 4.39. The Morgan fingerprint density at radius 3 is 2.53 bits per heavy atom. The molecule has 196 valence electrons. The molecule has 9 heteroatoms. The lowest BCUT2D eigenvalue weighted by Crippen LogP contribution is -2.47. The van der Waals surface area contributed by atoms with Crippen molar-refractivity contribution in [1.82, 2.24) is 34.3 Å². The molecule has 4 heterocycles. The van der Waals surface area contributed by atoms with Gasteiger partial charge in [-0.25, -0.2) is 15.0 Å². The van der Waals surface area contributed by atoms with Gasteiger partial charge in [0.15, 0.2) is 17.3 Å². The molecule has 9 nitrogen and oxygen atoms in total. The Morgan fingerprint density at radius 2 is 1.79 bits per heavy atom. The van der Waals surface area contributed by atoms with Gasteiger partial charge in [-0.2, -0.15) is 0 Å². The predicted molar refractivity (Wildman–Crippen MR) is 148 cm³/mol. The zero-order valence-electron chi connectivity index (χ0n) is 21.9. The lowest BCUT2D eigenvalue weighted by molar-refractivity contribution is 0.0664. The minimum Gasteiger partial charge on any atom is -0.364 e. The van der Waals surface area contributed by atoms with Crippen LogP contribution in [0.4, 0.5) is 5.82 Å². The first-order valence-electron chi connectivity index (χ1n) is 13.6. The van der Waals surface area contributed by atoms with E-state index in [9.17, 15) is 4.79 Å². The first-order valence-corrected chi connectivity index (χ1v) is 13.6. The second-order valence-corrected chi connectivity index (χ2v) is 10.4. The van der Waals surface area contributed by atoms with E-state index in [1.54, 1.807) is 6.20 Å². The summed E-state index contributed by atoms with van der Waals surface area (Å²) in [5, 5.41) is 3.47. The lowest BCUT2D eigenvalue weighted by atomic mass is 9.95. The fraction of sp³-hybridized carbons (Fsp3) is 0.414. The van der Waals surface area contributed by atoms with Crippen molar-refractivity contribution in [3.63, 3.8) is 0 Å². The van der Waals surface area contributed by atoms with Gasteiger partial charge in [-0.15, -0.1) is 0 Å². The number of benzene rings is 1. The normalized spacial score (nSPS) is 17.1. The van der Waals surface area contributed by atoms with Crippen LogP contribution >= 0.6 is 0 Å². The number of carbonyl (C=O) groups is 1. The Morgan fingerprint density at radius 1 is 1.00 bits per heavy atom. The van der Waals surface area contributed by atoms with Crippen LogP contribution in [-0.4, -0.2) is 73.4 Å². The fourth-order valence-electron chi connectivity index (χ4n) is 5.44. The highest BCUT2D eigenvalue weighted by atomic mass is 16.2. The minimum atomic E-state index is 0.0789. The number of hydrogen-bond acceptors (Lipinski definition) is 7. The van der Waals surface area contributed by atoms with Crippen LogP contribution in [0.1, 0.15) is 54.1 Å². The van der Waals surface area contributed by atoms with Gasteiger partial charge < -0.3 is 19.7 Å². The molecule has 0 spiro atoms. The summed E-state index contributed by atoms with van der Waals surface area (Å²) in [4.78, 5) is 36.1. The Balaban J connectivity index is 1.32. The largest absolute Gasteiger partial charge is 0.364 e. The monoisotopic (exact) mass is 510 g/mol. The van der Waals surface area contributed by atoms with Crippen LogP contribution in [-0.2, 0) is 6.54 Å². The van der Waals surface area contributed by atoms with Gasteiger partial charge in [-0.05, 0) is 43.7 Å². The van der Waals surface area contributed by atoms with Crippen LogP contribution in [0.5, 0.6) is 0 Å². The number of likely N-dealkylation sites (N-methyl/N-ethyl adjacent to an activating group) is 1. The summed E-state index contributed by atoms with van der Waals surface area (Å²) in [5.74, 6) is 1.42. The quantitative estimate of drug-likeness (QED) is 0.411. The van der Waals surface area contributed by atoms with E-state index in [0.29, 0.717) is 29.8 Å². The van der Waals surface area contributed by atoms with E-state index in [4.69, 9.17) is 15.0 Å². The highest BCUT2D eigenvalue weighted by Gasteiger charge is 2.23. The first-order chi connectivity index (χ1) is 18.7. The number of piperazine rings is 1. The number of imidazole rings is 1. The Labute approximate surface area is 222 Å². The van der Waals surface area contributed by atoms with E-state index in [-0.39, 0.29) is 5.91 Å². The average molecular weight is 511 g/mol. The van der Waals surface area contributed by atoms with Crippen LogP contribution in [0.3, 0.4) is 0 Å². The number of aromatic nitrogens is 5. The molecule has 1 saturated heterocycles. The fourth-order valence-corrected chi connectivity index (χ4v) is 5.44. The van der Waals surface area contributed by atoms with Crippen molar-refractivity contribution in [2.45, 2.75) is 44.7 Å². The molecule has 0 atom stereocenters. The topological polar surface area (TPSA) is 92.1 Å². The van der Waals surface area contributed by atoms with E-state index < -0.39 is 0 Å².